The lowest BCUT2D eigenvalue weighted by molar-refractivity contribution is -0.138. The van der Waals surface area contributed by atoms with Crippen molar-refractivity contribution in [2.75, 3.05) is 10.6 Å². The average molecular weight is 474 g/mol. The Bertz CT molecular complexity index is 1330. The highest BCUT2D eigenvalue weighted by atomic mass is 35.5. The molecule has 0 aromatic heterocycles. The fraction of sp³-hybridized carbons (Fsp3) is 0.148. The Kier molecular flexibility index (Phi) is 6.52. The van der Waals surface area contributed by atoms with E-state index in [1.54, 1.807) is 18.2 Å². The minimum absolute atomic E-state index is 0.00205. The summed E-state index contributed by atoms with van der Waals surface area (Å²) in [5.41, 5.74) is 5.34. The number of hydrogen-bond acceptors (Lipinski definition) is 4. The molecule has 0 atom stereocenters. The summed E-state index contributed by atoms with van der Waals surface area (Å²) in [5, 5.41) is 5.75. The van der Waals surface area contributed by atoms with Gasteiger partial charge in [-0.05, 0) is 61.2 Å². The van der Waals surface area contributed by atoms with Crippen molar-refractivity contribution in [3.05, 3.63) is 105 Å². The van der Waals surface area contributed by atoms with Gasteiger partial charge >= 0.3 is 0 Å². The number of rotatable bonds is 6. The third kappa shape index (κ3) is 4.58. The van der Waals surface area contributed by atoms with E-state index in [4.69, 9.17) is 11.6 Å². The minimum atomic E-state index is -0.556. The van der Waals surface area contributed by atoms with Gasteiger partial charge in [-0.15, -0.1) is 0 Å². The number of nitrogens with zero attached hydrogens (tertiary/aromatic N) is 1. The van der Waals surface area contributed by atoms with E-state index in [0.29, 0.717) is 11.3 Å². The molecule has 1 aliphatic heterocycles. The molecule has 3 amide bonds. The van der Waals surface area contributed by atoms with Gasteiger partial charge in [0.05, 0.1) is 6.54 Å². The van der Waals surface area contributed by atoms with Gasteiger partial charge in [-0.25, -0.2) is 0 Å². The fourth-order valence-electron chi connectivity index (χ4n) is 3.68. The van der Waals surface area contributed by atoms with Crippen molar-refractivity contribution < 1.29 is 14.4 Å². The number of hydrogen-bond donors (Lipinski definition) is 2. The third-order valence-electron chi connectivity index (χ3n) is 5.91. The van der Waals surface area contributed by atoms with Crippen LogP contribution in [-0.4, -0.2) is 22.6 Å². The van der Waals surface area contributed by atoms with Gasteiger partial charge in [-0.1, -0.05) is 60.1 Å². The predicted octanol–water partition coefficient (Wildman–Crippen LogP) is 5.30. The zero-order valence-corrected chi connectivity index (χ0v) is 19.9. The molecule has 2 N–H and O–H groups in total. The molecule has 1 heterocycles. The first-order valence-corrected chi connectivity index (χ1v) is 11.2. The molecule has 0 fully saturated rings. The van der Waals surface area contributed by atoms with Crippen LogP contribution in [0, 0.1) is 20.8 Å². The Labute approximate surface area is 203 Å². The van der Waals surface area contributed by atoms with Gasteiger partial charge in [0, 0.05) is 16.9 Å². The molecule has 1 aliphatic rings. The van der Waals surface area contributed by atoms with E-state index in [1.807, 2.05) is 69.3 Å². The van der Waals surface area contributed by atoms with Crippen molar-refractivity contribution in [2.45, 2.75) is 27.3 Å². The molecular weight excluding hydrogens is 450 g/mol. The first-order valence-electron chi connectivity index (χ1n) is 10.8. The molecule has 0 radical (unpaired) electrons. The normalized spacial score (nSPS) is 13.5. The van der Waals surface area contributed by atoms with E-state index < -0.39 is 11.8 Å². The van der Waals surface area contributed by atoms with Gasteiger partial charge in [-0.3, -0.25) is 19.3 Å². The number of nitrogens with one attached hydrogen (secondary N) is 2. The number of anilines is 2. The molecule has 0 bridgehead atoms. The molecule has 34 heavy (non-hydrogen) atoms. The van der Waals surface area contributed by atoms with E-state index >= 15 is 0 Å². The average Bonchev–Trinajstić information content (AvgIpc) is 3.02. The lowest BCUT2D eigenvalue weighted by atomic mass is 10.1. The van der Waals surface area contributed by atoms with Crippen molar-refractivity contribution >= 4 is 40.7 Å². The molecule has 3 aromatic rings. The lowest BCUT2D eigenvalue weighted by Gasteiger charge is -2.16. The first-order chi connectivity index (χ1) is 16.3. The van der Waals surface area contributed by atoms with Crippen molar-refractivity contribution in [3.63, 3.8) is 0 Å². The maximum Gasteiger partial charge on any atom is 0.279 e. The van der Waals surface area contributed by atoms with Gasteiger partial charge < -0.3 is 10.6 Å². The van der Waals surface area contributed by atoms with Gasteiger partial charge in [0.25, 0.3) is 17.7 Å². The van der Waals surface area contributed by atoms with Crippen LogP contribution in [0.3, 0.4) is 0 Å². The summed E-state index contributed by atoms with van der Waals surface area (Å²) in [6, 6.07) is 20.1. The minimum Gasteiger partial charge on any atom is -0.349 e. The van der Waals surface area contributed by atoms with Crippen LogP contribution in [0.15, 0.2) is 77.5 Å². The third-order valence-corrected chi connectivity index (χ3v) is 6.26. The standard InChI is InChI=1S/C27H24ClN3O3/c1-16-8-7-11-21(18(16)3)30-25(32)20-13-12-17(2)22(14-20)29-24-23(28)26(33)31(27(24)34)15-19-9-5-4-6-10-19/h4-14,29H,15H2,1-3H3,(H,30,32). The molecule has 0 spiro atoms. The molecular formula is C27H24ClN3O3. The molecule has 6 nitrogen and oxygen atoms in total. The van der Waals surface area contributed by atoms with Crippen LogP contribution in [-0.2, 0) is 16.1 Å². The Hall–Kier alpha value is -3.90. The number of aryl methyl sites for hydroxylation is 2. The number of amides is 3. The van der Waals surface area contributed by atoms with Gasteiger partial charge in [-0.2, -0.15) is 0 Å². The summed E-state index contributed by atoms with van der Waals surface area (Å²) < 4.78 is 0. The Balaban J connectivity index is 1.55. The monoisotopic (exact) mass is 473 g/mol. The second-order valence-corrected chi connectivity index (χ2v) is 8.61. The van der Waals surface area contributed by atoms with Crippen LogP contribution in [0.25, 0.3) is 0 Å². The van der Waals surface area contributed by atoms with Gasteiger partial charge in [0.1, 0.15) is 10.7 Å². The highest BCUT2D eigenvalue weighted by Crippen LogP contribution is 2.29. The topological polar surface area (TPSA) is 78.5 Å². The second kappa shape index (κ2) is 9.53. The summed E-state index contributed by atoms with van der Waals surface area (Å²) in [6.07, 6.45) is 0. The highest BCUT2D eigenvalue weighted by Gasteiger charge is 2.38. The number of halogens is 1. The SMILES string of the molecule is Cc1ccc(C(=O)Nc2cccc(C)c2C)cc1NC1=C(Cl)C(=O)N(Cc2ccccc2)C1=O. The van der Waals surface area contributed by atoms with Crippen molar-refractivity contribution in [2.24, 2.45) is 0 Å². The van der Waals surface area contributed by atoms with Crippen LogP contribution in [0.4, 0.5) is 11.4 Å². The quantitative estimate of drug-likeness (QED) is 0.476. The van der Waals surface area contributed by atoms with E-state index in [9.17, 15) is 14.4 Å². The molecule has 0 saturated heterocycles. The maximum atomic E-state index is 13.0. The Morgan fingerprint density at radius 3 is 2.32 bits per heavy atom. The number of carbonyl (C=O) groups excluding carboxylic acids is 3. The van der Waals surface area contributed by atoms with Gasteiger partial charge in [0.15, 0.2) is 0 Å². The zero-order valence-electron chi connectivity index (χ0n) is 19.1. The largest absolute Gasteiger partial charge is 0.349 e. The Morgan fingerprint density at radius 2 is 1.59 bits per heavy atom. The summed E-state index contributed by atoms with van der Waals surface area (Å²) in [7, 11) is 0. The number of carbonyl (C=O) groups is 3. The molecule has 3 aromatic carbocycles. The molecule has 0 aliphatic carbocycles. The number of benzene rings is 3. The summed E-state index contributed by atoms with van der Waals surface area (Å²) in [4.78, 5) is 39.7. The number of imide groups is 1. The molecule has 4 rings (SSSR count). The molecule has 0 unspecified atom stereocenters. The van der Waals surface area contributed by atoms with Crippen molar-refractivity contribution in [1.82, 2.24) is 4.90 Å². The molecule has 7 heteroatoms. The highest BCUT2D eigenvalue weighted by molar-refractivity contribution is 6.48. The second-order valence-electron chi connectivity index (χ2n) is 8.23. The van der Waals surface area contributed by atoms with E-state index in [2.05, 4.69) is 10.6 Å². The molecule has 172 valence electrons. The summed E-state index contributed by atoms with van der Waals surface area (Å²) >= 11 is 6.25. The maximum absolute atomic E-state index is 13.0. The van der Waals surface area contributed by atoms with Gasteiger partial charge in [0.2, 0.25) is 0 Å². The van der Waals surface area contributed by atoms with Crippen LogP contribution < -0.4 is 10.6 Å². The van der Waals surface area contributed by atoms with E-state index in [0.717, 1.165) is 32.8 Å². The summed E-state index contributed by atoms with van der Waals surface area (Å²) in [5.74, 6) is -1.35. The van der Waals surface area contributed by atoms with Crippen molar-refractivity contribution in [3.8, 4) is 0 Å². The van der Waals surface area contributed by atoms with E-state index in [1.165, 1.54) is 0 Å². The first kappa shape index (κ1) is 23.3. The zero-order chi connectivity index (χ0) is 24.4. The smallest absolute Gasteiger partial charge is 0.279 e. The molecule has 0 saturated carbocycles. The van der Waals surface area contributed by atoms with Crippen LogP contribution in [0.2, 0.25) is 0 Å². The predicted molar refractivity (Wildman–Crippen MR) is 134 cm³/mol. The van der Waals surface area contributed by atoms with E-state index in [-0.39, 0.29) is 23.2 Å². The Morgan fingerprint density at radius 1 is 0.853 bits per heavy atom. The summed E-state index contributed by atoms with van der Waals surface area (Å²) in [6.45, 7) is 5.89. The lowest BCUT2D eigenvalue weighted by Crippen LogP contribution is -2.31. The van der Waals surface area contributed by atoms with Crippen LogP contribution in [0.1, 0.15) is 32.6 Å². The fourth-order valence-corrected chi connectivity index (χ4v) is 3.91. The van der Waals surface area contributed by atoms with Crippen molar-refractivity contribution in [1.29, 1.82) is 0 Å². The van der Waals surface area contributed by atoms with Crippen LogP contribution in [0.5, 0.6) is 0 Å². The van der Waals surface area contributed by atoms with Crippen LogP contribution >= 0.6 is 11.6 Å².